The molecular formula is C14H22N4O3. The third kappa shape index (κ3) is 3.89. The maximum Gasteiger partial charge on any atom is 0.351 e. The lowest BCUT2D eigenvalue weighted by atomic mass is 10.2. The Bertz CT molecular complexity index is 539. The molecule has 116 valence electrons. The molecule has 0 aromatic carbocycles. The summed E-state index contributed by atoms with van der Waals surface area (Å²) < 4.78 is 7.03. The van der Waals surface area contributed by atoms with Gasteiger partial charge in [-0.15, -0.1) is 0 Å². The van der Waals surface area contributed by atoms with E-state index < -0.39 is 0 Å². The third-order valence-electron chi connectivity index (χ3n) is 3.58. The average molecular weight is 294 g/mol. The summed E-state index contributed by atoms with van der Waals surface area (Å²) in [6.45, 7) is 5.77. The summed E-state index contributed by atoms with van der Waals surface area (Å²) in [5.41, 5.74) is -0.382. The van der Waals surface area contributed by atoms with Gasteiger partial charge in [-0.3, -0.25) is 4.57 Å². The van der Waals surface area contributed by atoms with E-state index in [9.17, 15) is 4.79 Å². The van der Waals surface area contributed by atoms with Crippen molar-refractivity contribution in [2.75, 3.05) is 19.7 Å². The number of rotatable bonds is 6. The molecule has 1 saturated heterocycles. The second kappa shape index (κ2) is 7.33. The summed E-state index contributed by atoms with van der Waals surface area (Å²) in [6, 6.07) is 1.69. The molecule has 1 aromatic rings. The predicted octanol–water partition coefficient (Wildman–Crippen LogP) is 0.915. The molecule has 1 fully saturated rings. The standard InChI is InChI=1S/C14H22N4O3/c1-3-17(4-2)10-15-12-7-8-18(14(20)16-12)13-6-5-11(9-19)21-13/h7-8,10-11,13,19H,3-6,9H2,1-2H3. The SMILES string of the molecule is CCN(C=Nc1ccn(C2CCC(CO)O2)c(=O)n1)CC. The zero-order valence-corrected chi connectivity index (χ0v) is 12.5. The number of aliphatic hydroxyl groups is 1. The predicted molar refractivity (Wildman–Crippen MR) is 79.8 cm³/mol. The van der Waals surface area contributed by atoms with Crippen LogP contribution in [-0.4, -0.2) is 51.7 Å². The zero-order valence-electron chi connectivity index (χ0n) is 12.5. The minimum absolute atomic E-state index is 0.0229. The molecule has 1 aromatic heterocycles. The molecule has 7 nitrogen and oxygen atoms in total. The van der Waals surface area contributed by atoms with Crippen molar-refractivity contribution < 1.29 is 9.84 Å². The van der Waals surface area contributed by atoms with Crippen molar-refractivity contribution in [3.63, 3.8) is 0 Å². The highest BCUT2D eigenvalue weighted by Crippen LogP contribution is 2.26. The van der Waals surface area contributed by atoms with E-state index in [1.165, 1.54) is 4.57 Å². The van der Waals surface area contributed by atoms with Gasteiger partial charge < -0.3 is 14.7 Å². The van der Waals surface area contributed by atoms with E-state index >= 15 is 0 Å². The first-order chi connectivity index (χ1) is 10.2. The summed E-state index contributed by atoms with van der Waals surface area (Å²) in [7, 11) is 0. The molecule has 2 atom stereocenters. The van der Waals surface area contributed by atoms with Gasteiger partial charge in [0.1, 0.15) is 6.23 Å². The van der Waals surface area contributed by atoms with E-state index in [1.54, 1.807) is 18.6 Å². The highest BCUT2D eigenvalue weighted by atomic mass is 16.5. The van der Waals surface area contributed by atoms with Gasteiger partial charge in [0.25, 0.3) is 0 Å². The van der Waals surface area contributed by atoms with Gasteiger partial charge in [-0.2, -0.15) is 4.98 Å². The first-order valence-corrected chi connectivity index (χ1v) is 7.31. The van der Waals surface area contributed by atoms with Gasteiger partial charge in [0.15, 0.2) is 5.82 Å². The molecule has 0 spiro atoms. The second-order valence-electron chi connectivity index (χ2n) is 4.91. The van der Waals surface area contributed by atoms with Crippen molar-refractivity contribution in [1.82, 2.24) is 14.5 Å². The molecule has 0 saturated carbocycles. The highest BCUT2D eigenvalue weighted by Gasteiger charge is 2.26. The van der Waals surface area contributed by atoms with Gasteiger partial charge in [-0.25, -0.2) is 9.79 Å². The minimum atomic E-state index is -0.382. The number of ether oxygens (including phenoxy) is 1. The minimum Gasteiger partial charge on any atom is -0.394 e. The molecule has 0 aliphatic carbocycles. The van der Waals surface area contributed by atoms with Crippen LogP contribution in [0.2, 0.25) is 0 Å². The van der Waals surface area contributed by atoms with Crippen molar-refractivity contribution >= 4 is 12.2 Å². The van der Waals surface area contributed by atoms with Crippen LogP contribution in [0.1, 0.15) is 32.9 Å². The molecule has 2 unspecified atom stereocenters. The Morgan fingerprint density at radius 1 is 1.52 bits per heavy atom. The van der Waals surface area contributed by atoms with Crippen LogP contribution in [0.3, 0.4) is 0 Å². The Hall–Kier alpha value is -1.73. The molecular weight excluding hydrogens is 272 g/mol. The van der Waals surface area contributed by atoms with Crippen LogP contribution in [0.5, 0.6) is 0 Å². The number of aromatic nitrogens is 2. The van der Waals surface area contributed by atoms with Gasteiger partial charge in [0.05, 0.1) is 19.0 Å². The molecule has 0 radical (unpaired) electrons. The van der Waals surface area contributed by atoms with E-state index in [4.69, 9.17) is 9.84 Å². The summed E-state index contributed by atoms with van der Waals surface area (Å²) >= 11 is 0. The summed E-state index contributed by atoms with van der Waals surface area (Å²) in [6.07, 6.45) is 4.25. The van der Waals surface area contributed by atoms with Gasteiger partial charge in [-0.05, 0) is 32.8 Å². The lowest BCUT2D eigenvalue weighted by Crippen LogP contribution is -2.27. The molecule has 1 N–H and O–H groups in total. The van der Waals surface area contributed by atoms with Crippen LogP contribution >= 0.6 is 0 Å². The summed E-state index contributed by atoms with van der Waals surface area (Å²) in [4.78, 5) is 22.2. The fraction of sp³-hybridized carbons (Fsp3) is 0.643. The molecule has 1 aliphatic heterocycles. The summed E-state index contributed by atoms with van der Waals surface area (Å²) in [5, 5.41) is 9.06. The van der Waals surface area contributed by atoms with E-state index in [-0.39, 0.29) is 24.6 Å². The van der Waals surface area contributed by atoms with E-state index in [2.05, 4.69) is 9.98 Å². The van der Waals surface area contributed by atoms with Crippen molar-refractivity contribution in [2.45, 2.75) is 39.0 Å². The molecule has 1 aliphatic rings. The molecule has 0 bridgehead atoms. The van der Waals surface area contributed by atoms with Crippen LogP contribution in [0, 0.1) is 0 Å². The first-order valence-electron chi connectivity index (χ1n) is 7.31. The lowest BCUT2D eigenvalue weighted by molar-refractivity contribution is -0.0245. The van der Waals surface area contributed by atoms with Crippen LogP contribution in [0.4, 0.5) is 5.82 Å². The normalized spacial score (nSPS) is 22.0. The van der Waals surface area contributed by atoms with E-state index in [1.807, 2.05) is 18.7 Å². The Labute approximate surface area is 123 Å². The first kappa shape index (κ1) is 15.7. The Morgan fingerprint density at radius 3 is 2.86 bits per heavy atom. The maximum atomic E-state index is 12.0. The molecule has 2 heterocycles. The van der Waals surface area contributed by atoms with Crippen molar-refractivity contribution in [2.24, 2.45) is 4.99 Å². The summed E-state index contributed by atoms with van der Waals surface area (Å²) in [5.74, 6) is 0.389. The smallest absolute Gasteiger partial charge is 0.351 e. The Kier molecular flexibility index (Phi) is 5.46. The quantitative estimate of drug-likeness (QED) is 0.623. The molecule has 7 heteroatoms. The fourth-order valence-corrected chi connectivity index (χ4v) is 2.25. The van der Waals surface area contributed by atoms with Gasteiger partial charge in [-0.1, -0.05) is 0 Å². The lowest BCUT2D eigenvalue weighted by Gasteiger charge is -2.15. The largest absolute Gasteiger partial charge is 0.394 e. The molecule has 21 heavy (non-hydrogen) atoms. The van der Waals surface area contributed by atoms with Gasteiger partial charge in [0.2, 0.25) is 0 Å². The van der Waals surface area contributed by atoms with Crippen molar-refractivity contribution in [3.05, 3.63) is 22.7 Å². The second-order valence-corrected chi connectivity index (χ2v) is 4.91. The topological polar surface area (TPSA) is 80.0 Å². The zero-order chi connectivity index (χ0) is 15.2. The van der Waals surface area contributed by atoms with E-state index in [0.29, 0.717) is 12.2 Å². The van der Waals surface area contributed by atoms with Crippen LogP contribution in [0.25, 0.3) is 0 Å². The maximum absolute atomic E-state index is 12.0. The number of hydrogen-bond donors (Lipinski definition) is 1. The number of hydrogen-bond acceptors (Lipinski definition) is 5. The number of aliphatic imine (C=N–C) groups is 1. The van der Waals surface area contributed by atoms with Crippen molar-refractivity contribution in [1.29, 1.82) is 0 Å². The van der Waals surface area contributed by atoms with Crippen LogP contribution in [0.15, 0.2) is 22.1 Å². The molecule has 2 rings (SSSR count). The van der Waals surface area contributed by atoms with Gasteiger partial charge in [0, 0.05) is 19.3 Å². The van der Waals surface area contributed by atoms with Crippen LogP contribution < -0.4 is 5.69 Å². The fourth-order valence-electron chi connectivity index (χ4n) is 2.25. The van der Waals surface area contributed by atoms with Crippen LogP contribution in [-0.2, 0) is 4.74 Å². The Morgan fingerprint density at radius 2 is 2.29 bits per heavy atom. The monoisotopic (exact) mass is 294 g/mol. The van der Waals surface area contributed by atoms with Crippen molar-refractivity contribution in [3.8, 4) is 0 Å². The number of aliphatic hydroxyl groups excluding tert-OH is 1. The highest BCUT2D eigenvalue weighted by molar-refractivity contribution is 5.59. The number of nitrogens with zero attached hydrogens (tertiary/aromatic N) is 4. The third-order valence-corrected chi connectivity index (χ3v) is 3.58. The van der Waals surface area contributed by atoms with E-state index in [0.717, 1.165) is 19.5 Å². The average Bonchev–Trinajstić information content (AvgIpc) is 2.97. The Balaban J connectivity index is 2.09. The molecule has 0 amide bonds. The van der Waals surface area contributed by atoms with Gasteiger partial charge >= 0.3 is 5.69 Å².